The minimum Gasteiger partial charge on any atom is -0.460 e. The molecule has 2 aromatic rings. The van der Waals surface area contributed by atoms with Gasteiger partial charge in [0, 0.05) is 24.0 Å². The molecule has 104 valence electrons. The van der Waals surface area contributed by atoms with Crippen LogP contribution in [0.15, 0.2) is 34.7 Å². The minimum atomic E-state index is 0.000899. The van der Waals surface area contributed by atoms with Crippen molar-refractivity contribution in [3.63, 3.8) is 0 Å². The molecule has 0 spiro atoms. The van der Waals surface area contributed by atoms with Gasteiger partial charge in [-0.05, 0) is 11.8 Å². The van der Waals surface area contributed by atoms with Crippen LogP contribution in [0.1, 0.15) is 48.9 Å². The molecule has 2 heteroatoms. The monoisotopic (exact) mass is 268 g/mol. The van der Waals surface area contributed by atoms with Crippen LogP contribution < -0.4 is 0 Å². The molecule has 1 aliphatic rings. The van der Waals surface area contributed by atoms with E-state index in [9.17, 15) is 4.79 Å². The third kappa shape index (κ3) is 2.09. The highest BCUT2D eigenvalue weighted by atomic mass is 16.3. The van der Waals surface area contributed by atoms with Crippen molar-refractivity contribution in [1.29, 1.82) is 0 Å². The molecule has 20 heavy (non-hydrogen) atoms. The van der Waals surface area contributed by atoms with Crippen LogP contribution in [0.25, 0.3) is 11.3 Å². The number of furan rings is 1. The highest BCUT2D eigenvalue weighted by Crippen LogP contribution is 2.41. The van der Waals surface area contributed by atoms with E-state index in [0.717, 1.165) is 41.1 Å². The van der Waals surface area contributed by atoms with Crippen LogP contribution in [0.2, 0.25) is 0 Å². The van der Waals surface area contributed by atoms with Crippen molar-refractivity contribution in [3.8, 4) is 11.3 Å². The van der Waals surface area contributed by atoms with Gasteiger partial charge >= 0.3 is 0 Å². The fraction of sp³-hybridized carbons (Fsp3) is 0.389. The van der Waals surface area contributed by atoms with Crippen molar-refractivity contribution in [3.05, 3.63) is 47.2 Å². The molecule has 0 bridgehead atoms. The maximum atomic E-state index is 12.5. The Balaban J connectivity index is 2.18. The summed E-state index contributed by atoms with van der Waals surface area (Å²) in [5.41, 5.74) is 2.99. The minimum absolute atomic E-state index is 0.000899. The molecule has 1 aliphatic carbocycles. The third-order valence-corrected chi connectivity index (χ3v) is 4.03. The molecule has 1 heterocycles. The summed E-state index contributed by atoms with van der Waals surface area (Å²) in [5.74, 6) is 1.99. The summed E-state index contributed by atoms with van der Waals surface area (Å²) in [4.78, 5) is 12.5. The van der Waals surface area contributed by atoms with Gasteiger partial charge in [0.2, 0.25) is 0 Å². The van der Waals surface area contributed by atoms with Crippen LogP contribution >= 0.6 is 0 Å². The molecule has 0 unspecified atom stereocenters. The molecular formula is C18H20O2. The first-order valence-electron chi connectivity index (χ1n) is 7.25. The van der Waals surface area contributed by atoms with E-state index in [0.29, 0.717) is 6.42 Å². The zero-order valence-electron chi connectivity index (χ0n) is 12.3. The van der Waals surface area contributed by atoms with Crippen molar-refractivity contribution in [2.75, 3.05) is 0 Å². The second kappa shape index (κ2) is 4.62. The lowest BCUT2D eigenvalue weighted by atomic mass is 9.75. The fourth-order valence-electron chi connectivity index (χ4n) is 3.15. The van der Waals surface area contributed by atoms with E-state index in [4.69, 9.17) is 4.42 Å². The summed E-state index contributed by atoms with van der Waals surface area (Å²) in [7, 11) is 0. The van der Waals surface area contributed by atoms with E-state index < -0.39 is 0 Å². The second-order valence-corrected chi connectivity index (χ2v) is 6.37. The first-order chi connectivity index (χ1) is 9.52. The molecule has 0 fully saturated rings. The smallest absolute Gasteiger partial charge is 0.167 e. The van der Waals surface area contributed by atoms with Gasteiger partial charge in [-0.2, -0.15) is 0 Å². The lowest BCUT2D eigenvalue weighted by molar-refractivity contribution is 0.0903. The van der Waals surface area contributed by atoms with E-state index >= 15 is 0 Å². The Bertz CT molecular complexity index is 648. The van der Waals surface area contributed by atoms with Crippen molar-refractivity contribution in [2.45, 2.75) is 40.0 Å². The molecule has 1 aromatic heterocycles. The van der Waals surface area contributed by atoms with E-state index in [1.807, 2.05) is 30.3 Å². The van der Waals surface area contributed by atoms with Crippen LogP contribution in [-0.4, -0.2) is 5.78 Å². The maximum absolute atomic E-state index is 12.5. The first-order valence-corrected chi connectivity index (χ1v) is 7.25. The van der Waals surface area contributed by atoms with Crippen molar-refractivity contribution in [2.24, 2.45) is 5.41 Å². The molecule has 0 saturated heterocycles. The lowest BCUT2D eigenvalue weighted by Gasteiger charge is -2.27. The maximum Gasteiger partial charge on any atom is 0.167 e. The third-order valence-electron chi connectivity index (χ3n) is 4.03. The number of fused-ring (bicyclic) bond motifs is 1. The van der Waals surface area contributed by atoms with Gasteiger partial charge in [-0.3, -0.25) is 4.79 Å². The summed E-state index contributed by atoms with van der Waals surface area (Å²) in [6.07, 6.45) is 2.28. The normalized spacial score (nSPS) is 17.1. The molecule has 0 amide bonds. The largest absolute Gasteiger partial charge is 0.460 e. The molecule has 3 rings (SSSR count). The molecule has 0 saturated carbocycles. The summed E-state index contributed by atoms with van der Waals surface area (Å²) < 4.78 is 6.10. The highest BCUT2D eigenvalue weighted by Gasteiger charge is 2.36. The van der Waals surface area contributed by atoms with Gasteiger partial charge in [0.05, 0.1) is 5.56 Å². The van der Waals surface area contributed by atoms with Gasteiger partial charge < -0.3 is 4.42 Å². The number of Topliss-reactive ketones (excluding diaryl/α,β-unsaturated/α-hetero) is 1. The van der Waals surface area contributed by atoms with Crippen molar-refractivity contribution < 1.29 is 9.21 Å². The van der Waals surface area contributed by atoms with E-state index in [1.54, 1.807) is 0 Å². The zero-order chi connectivity index (χ0) is 14.3. The SMILES string of the molecule is CCc1c(-c2ccccc2)oc2c1C(=O)CC(C)(C)C2. The predicted octanol–water partition coefficient (Wildman–Crippen LogP) is 4.66. The number of rotatable bonds is 2. The van der Waals surface area contributed by atoms with E-state index in [-0.39, 0.29) is 11.2 Å². The van der Waals surface area contributed by atoms with Gasteiger partial charge in [-0.25, -0.2) is 0 Å². The Labute approximate surface area is 119 Å². The summed E-state index contributed by atoms with van der Waals surface area (Å²) >= 11 is 0. The summed E-state index contributed by atoms with van der Waals surface area (Å²) in [6.45, 7) is 6.35. The second-order valence-electron chi connectivity index (χ2n) is 6.37. The van der Waals surface area contributed by atoms with Gasteiger partial charge in [-0.1, -0.05) is 51.1 Å². The van der Waals surface area contributed by atoms with Gasteiger partial charge in [0.1, 0.15) is 11.5 Å². The standard InChI is InChI=1S/C18H20O2/c1-4-13-16-14(19)10-18(2,3)11-15(16)20-17(13)12-8-6-5-7-9-12/h5-9H,4,10-11H2,1-3H3. The Morgan fingerprint density at radius 3 is 2.50 bits per heavy atom. The zero-order valence-corrected chi connectivity index (χ0v) is 12.3. The van der Waals surface area contributed by atoms with E-state index in [1.165, 1.54) is 0 Å². The number of benzene rings is 1. The Morgan fingerprint density at radius 1 is 1.15 bits per heavy atom. The Hall–Kier alpha value is -1.83. The number of carbonyl (C=O) groups excluding carboxylic acids is 1. The number of hydrogen-bond donors (Lipinski definition) is 0. The van der Waals surface area contributed by atoms with Crippen LogP contribution in [-0.2, 0) is 12.8 Å². The number of carbonyl (C=O) groups is 1. The van der Waals surface area contributed by atoms with Crippen molar-refractivity contribution in [1.82, 2.24) is 0 Å². The molecule has 0 atom stereocenters. The average molecular weight is 268 g/mol. The Kier molecular flexibility index (Phi) is 3.04. The molecule has 1 aromatic carbocycles. The lowest BCUT2D eigenvalue weighted by Crippen LogP contribution is -2.26. The van der Waals surface area contributed by atoms with Crippen molar-refractivity contribution >= 4 is 5.78 Å². The molecule has 0 radical (unpaired) electrons. The van der Waals surface area contributed by atoms with Gasteiger partial charge in [0.15, 0.2) is 5.78 Å². The molecule has 0 N–H and O–H groups in total. The molecular weight excluding hydrogens is 248 g/mol. The van der Waals surface area contributed by atoms with Crippen LogP contribution in [0.5, 0.6) is 0 Å². The van der Waals surface area contributed by atoms with Crippen LogP contribution in [0.4, 0.5) is 0 Å². The average Bonchev–Trinajstić information content (AvgIpc) is 2.76. The first kappa shape index (κ1) is 13.2. The number of ketones is 1. The topological polar surface area (TPSA) is 30.2 Å². The Morgan fingerprint density at radius 2 is 1.85 bits per heavy atom. The van der Waals surface area contributed by atoms with Crippen LogP contribution in [0.3, 0.4) is 0 Å². The van der Waals surface area contributed by atoms with Gasteiger partial charge in [0.25, 0.3) is 0 Å². The molecule has 2 nitrogen and oxygen atoms in total. The van der Waals surface area contributed by atoms with Gasteiger partial charge in [-0.15, -0.1) is 0 Å². The summed E-state index contributed by atoms with van der Waals surface area (Å²) in [5, 5.41) is 0. The fourth-order valence-corrected chi connectivity index (χ4v) is 3.15. The predicted molar refractivity (Wildman–Crippen MR) is 80.0 cm³/mol. The highest BCUT2D eigenvalue weighted by molar-refractivity contribution is 6.01. The summed E-state index contributed by atoms with van der Waals surface area (Å²) in [6, 6.07) is 10.1. The quantitative estimate of drug-likeness (QED) is 0.792. The van der Waals surface area contributed by atoms with Crippen LogP contribution in [0, 0.1) is 5.41 Å². The molecule has 0 aliphatic heterocycles. The van der Waals surface area contributed by atoms with E-state index in [2.05, 4.69) is 20.8 Å². The number of hydrogen-bond acceptors (Lipinski definition) is 2.